The highest BCUT2D eigenvalue weighted by molar-refractivity contribution is 9.10. The van der Waals surface area contributed by atoms with E-state index in [1.165, 1.54) is 5.57 Å². The van der Waals surface area contributed by atoms with E-state index in [0.717, 1.165) is 33.2 Å². The van der Waals surface area contributed by atoms with Gasteiger partial charge >= 0.3 is 0 Å². The first-order valence-corrected chi connectivity index (χ1v) is 9.78. The van der Waals surface area contributed by atoms with Crippen LogP contribution in [0.1, 0.15) is 24.0 Å². The number of benzene rings is 2. The average Bonchev–Trinajstić information content (AvgIpc) is 3.04. The van der Waals surface area contributed by atoms with E-state index in [1.807, 2.05) is 42.5 Å². The number of aliphatic hydroxyl groups excluding tert-OH is 1. The van der Waals surface area contributed by atoms with Crippen molar-refractivity contribution < 1.29 is 14.6 Å². The molecule has 0 bridgehead atoms. The second kappa shape index (κ2) is 7.75. The normalized spacial score (nSPS) is 19.1. The molecular weight excluding hydrogens is 404 g/mol. The molecule has 1 N–H and O–H groups in total. The molecule has 2 aromatic carbocycles. The largest absolute Gasteiger partial charge is 0.492 e. The monoisotopic (exact) mass is 424 g/mol. The molecule has 0 aromatic heterocycles. The highest BCUT2D eigenvalue weighted by Crippen LogP contribution is 2.45. The molecule has 2 aromatic rings. The van der Waals surface area contributed by atoms with E-state index >= 15 is 0 Å². The molecule has 4 heteroatoms. The molecule has 0 fully saturated rings. The van der Waals surface area contributed by atoms with Gasteiger partial charge in [-0.25, -0.2) is 0 Å². The van der Waals surface area contributed by atoms with Gasteiger partial charge in [-0.1, -0.05) is 58.4 Å². The predicted octanol–water partition coefficient (Wildman–Crippen LogP) is 5.37. The maximum Gasteiger partial charge on any atom is 0.166 e. The number of ether oxygens (including phenoxy) is 2. The molecule has 0 spiro atoms. The van der Waals surface area contributed by atoms with Gasteiger partial charge in [-0.05, 0) is 46.9 Å². The number of allylic oxidation sites excluding steroid dienone is 1. The third kappa shape index (κ3) is 3.60. The van der Waals surface area contributed by atoms with Crippen molar-refractivity contribution in [3.05, 3.63) is 98.9 Å². The third-order valence-corrected chi connectivity index (χ3v) is 5.54. The number of hydrogen-bond donors (Lipinski definition) is 1. The van der Waals surface area contributed by atoms with E-state index in [2.05, 4.69) is 34.1 Å². The average molecular weight is 425 g/mol. The molecule has 138 valence electrons. The van der Waals surface area contributed by atoms with Gasteiger partial charge in [0.2, 0.25) is 0 Å². The molecule has 1 atom stereocenters. The lowest BCUT2D eigenvalue weighted by molar-refractivity contribution is 0.153. The Kier molecular flexibility index (Phi) is 5.19. The number of halogens is 1. The van der Waals surface area contributed by atoms with Gasteiger partial charge in [0.15, 0.2) is 11.5 Å². The first-order chi connectivity index (χ1) is 13.2. The Morgan fingerprint density at radius 2 is 1.78 bits per heavy atom. The van der Waals surface area contributed by atoms with Gasteiger partial charge in [0.25, 0.3) is 0 Å². The summed E-state index contributed by atoms with van der Waals surface area (Å²) in [6.07, 6.45) is 2.81. The van der Waals surface area contributed by atoms with E-state index in [0.29, 0.717) is 24.5 Å². The van der Waals surface area contributed by atoms with Crippen LogP contribution in [0.2, 0.25) is 0 Å². The molecule has 0 heterocycles. The maximum atomic E-state index is 10.7. The summed E-state index contributed by atoms with van der Waals surface area (Å²) >= 11 is 3.48. The van der Waals surface area contributed by atoms with Gasteiger partial charge in [0.05, 0.1) is 13.2 Å². The van der Waals surface area contributed by atoms with Crippen molar-refractivity contribution in [3.63, 3.8) is 0 Å². The Hall–Kier alpha value is -2.30. The quantitative estimate of drug-likeness (QED) is 0.700. The Balaban J connectivity index is 1.64. The highest BCUT2D eigenvalue weighted by Gasteiger charge is 2.35. The second-order valence-corrected chi connectivity index (χ2v) is 7.59. The fourth-order valence-corrected chi connectivity index (χ4v) is 4.00. The molecule has 27 heavy (non-hydrogen) atoms. The molecule has 4 rings (SSSR count). The Bertz CT molecular complexity index is 924. The van der Waals surface area contributed by atoms with Crippen LogP contribution >= 0.6 is 15.9 Å². The molecule has 0 radical (unpaired) electrons. The molecular formula is C23H21BrO3. The molecule has 0 amide bonds. The maximum absolute atomic E-state index is 10.7. The van der Waals surface area contributed by atoms with Crippen molar-refractivity contribution in [2.24, 2.45) is 0 Å². The zero-order chi connectivity index (χ0) is 18.8. The molecule has 2 aliphatic rings. The fourth-order valence-electron chi connectivity index (χ4n) is 3.74. The van der Waals surface area contributed by atoms with Crippen LogP contribution < -0.4 is 0 Å². The lowest BCUT2D eigenvalue weighted by atomic mass is 9.94. The molecule has 0 saturated heterocycles. The SMILES string of the molecule is COC1=C2C(=C(c3ccc(Br)cc3)CC2O)CC=C1OCc1ccccc1. The summed E-state index contributed by atoms with van der Waals surface area (Å²) in [6, 6.07) is 18.3. The van der Waals surface area contributed by atoms with Crippen molar-refractivity contribution in [3.8, 4) is 0 Å². The van der Waals surface area contributed by atoms with Crippen LogP contribution in [0.4, 0.5) is 0 Å². The summed E-state index contributed by atoms with van der Waals surface area (Å²) in [7, 11) is 1.63. The van der Waals surface area contributed by atoms with E-state index in [-0.39, 0.29) is 0 Å². The molecule has 0 saturated carbocycles. The topological polar surface area (TPSA) is 38.7 Å². The van der Waals surface area contributed by atoms with E-state index < -0.39 is 6.10 Å². The van der Waals surface area contributed by atoms with Gasteiger partial charge in [-0.2, -0.15) is 0 Å². The Morgan fingerprint density at radius 1 is 1.04 bits per heavy atom. The van der Waals surface area contributed by atoms with Crippen LogP contribution in [0.25, 0.3) is 5.57 Å². The van der Waals surface area contributed by atoms with Crippen molar-refractivity contribution in [1.82, 2.24) is 0 Å². The van der Waals surface area contributed by atoms with Gasteiger partial charge < -0.3 is 14.6 Å². The van der Waals surface area contributed by atoms with Crippen LogP contribution in [0.15, 0.2) is 87.8 Å². The number of fused-ring (bicyclic) bond motifs is 1. The standard InChI is InChI=1S/C23H21BrO3/c1-26-23-21(27-14-15-5-3-2-4-6-15)12-11-18-19(13-20(25)22(18)23)16-7-9-17(24)10-8-16/h2-10,12,20,25H,11,13-14H2,1H3. The molecule has 2 aliphatic carbocycles. The molecule has 3 nitrogen and oxygen atoms in total. The number of methoxy groups -OCH3 is 1. The molecule has 1 unspecified atom stereocenters. The summed E-state index contributed by atoms with van der Waals surface area (Å²) in [5.74, 6) is 1.35. The fraction of sp³-hybridized carbons (Fsp3) is 0.217. The van der Waals surface area contributed by atoms with Gasteiger partial charge in [0, 0.05) is 16.5 Å². The van der Waals surface area contributed by atoms with Crippen LogP contribution in [0.3, 0.4) is 0 Å². The zero-order valence-electron chi connectivity index (χ0n) is 15.1. The number of rotatable bonds is 5. The van der Waals surface area contributed by atoms with Gasteiger partial charge in [-0.15, -0.1) is 0 Å². The van der Waals surface area contributed by atoms with Gasteiger partial charge in [0.1, 0.15) is 6.61 Å². The first-order valence-electron chi connectivity index (χ1n) is 8.99. The lowest BCUT2D eigenvalue weighted by Crippen LogP contribution is -2.14. The number of hydrogen-bond acceptors (Lipinski definition) is 3. The first kappa shape index (κ1) is 18.1. The van der Waals surface area contributed by atoms with Crippen molar-refractivity contribution in [2.45, 2.75) is 25.6 Å². The lowest BCUT2D eigenvalue weighted by Gasteiger charge is -2.22. The summed E-state index contributed by atoms with van der Waals surface area (Å²) in [6.45, 7) is 0.474. The van der Waals surface area contributed by atoms with Crippen molar-refractivity contribution in [2.75, 3.05) is 7.11 Å². The van der Waals surface area contributed by atoms with E-state index in [1.54, 1.807) is 7.11 Å². The smallest absolute Gasteiger partial charge is 0.166 e. The number of aliphatic hydroxyl groups is 1. The van der Waals surface area contributed by atoms with Crippen molar-refractivity contribution >= 4 is 21.5 Å². The van der Waals surface area contributed by atoms with Crippen LogP contribution in [-0.4, -0.2) is 18.3 Å². The van der Waals surface area contributed by atoms with Crippen molar-refractivity contribution in [1.29, 1.82) is 0 Å². The zero-order valence-corrected chi connectivity index (χ0v) is 16.7. The van der Waals surface area contributed by atoms with Crippen LogP contribution in [0.5, 0.6) is 0 Å². The van der Waals surface area contributed by atoms with Gasteiger partial charge in [-0.3, -0.25) is 0 Å². The summed E-state index contributed by atoms with van der Waals surface area (Å²) in [5.41, 5.74) is 5.43. The Morgan fingerprint density at radius 3 is 2.48 bits per heavy atom. The molecule has 0 aliphatic heterocycles. The summed E-state index contributed by atoms with van der Waals surface area (Å²) in [5, 5.41) is 10.7. The Labute approximate surface area is 167 Å². The third-order valence-electron chi connectivity index (χ3n) is 5.01. The second-order valence-electron chi connectivity index (χ2n) is 6.68. The van der Waals surface area contributed by atoms with E-state index in [9.17, 15) is 5.11 Å². The highest BCUT2D eigenvalue weighted by atomic mass is 79.9. The minimum Gasteiger partial charge on any atom is -0.492 e. The summed E-state index contributed by atoms with van der Waals surface area (Å²) in [4.78, 5) is 0. The predicted molar refractivity (Wildman–Crippen MR) is 110 cm³/mol. The van der Waals surface area contributed by atoms with Crippen LogP contribution in [0, 0.1) is 0 Å². The summed E-state index contributed by atoms with van der Waals surface area (Å²) < 4.78 is 12.7. The minimum atomic E-state index is -0.572. The van der Waals surface area contributed by atoms with E-state index in [4.69, 9.17) is 9.47 Å². The van der Waals surface area contributed by atoms with Crippen LogP contribution in [-0.2, 0) is 16.1 Å². The minimum absolute atomic E-state index is 0.474.